The lowest BCUT2D eigenvalue weighted by Crippen LogP contribution is -2.52. The zero-order chi connectivity index (χ0) is 13.7. The van der Waals surface area contributed by atoms with Crippen molar-refractivity contribution in [3.05, 3.63) is 35.9 Å². The summed E-state index contributed by atoms with van der Waals surface area (Å²) in [7, 11) is 0. The van der Waals surface area contributed by atoms with E-state index in [1.807, 2.05) is 30.3 Å². The van der Waals surface area contributed by atoms with Crippen molar-refractivity contribution < 1.29 is 19.1 Å². The molecule has 0 aliphatic carbocycles. The van der Waals surface area contributed by atoms with Crippen LogP contribution < -0.4 is 10.6 Å². The Morgan fingerprint density at radius 1 is 1.32 bits per heavy atom. The summed E-state index contributed by atoms with van der Waals surface area (Å²) in [4.78, 5) is 33.9. The summed E-state index contributed by atoms with van der Waals surface area (Å²) in [6.07, 6.45) is -0.154. The number of nitrogens with one attached hydrogen (secondary N) is 2. The van der Waals surface area contributed by atoms with Gasteiger partial charge in [0.2, 0.25) is 11.8 Å². The molecule has 19 heavy (non-hydrogen) atoms. The highest BCUT2D eigenvalue weighted by molar-refractivity contribution is 6.01. The minimum Gasteiger partial charge on any atom is -0.445 e. The summed E-state index contributed by atoms with van der Waals surface area (Å²) in [6.45, 7) is 0.139. The van der Waals surface area contributed by atoms with E-state index in [0.717, 1.165) is 5.56 Å². The molecule has 1 aromatic rings. The minimum absolute atomic E-state index is 0.139. The van der Waals surface area contributed by atoms with Crippen LogP contribution in [0.25, 0.3) is 0 Å². The lowest BCUT2D eigenvalue weighted by molar-refractivity contribution is -0.134. The fourth-order valence-electron chi connectivity index (χ4n) is 1.74. The Bertz CT molecular complexity index is 487. The van der Waals surface area contributed by atoms with E-state index in [0.29, 0.717) is 6.42 Å². The number of hydrogen-bond donors (Lipinski definition) is 2. The van der Waals surface area contributed by atoms with Gasteiger partial charge >= 0.3 is 6.09 Å². The van der Waals surface area contributed by atoms with E-state index in [-0.39, 0.29) is 18.9 Å². The first-order valence-electron chi connectivity index (χ1n) is 5.96. The molecule has 1 fully saturated rings. The molecule has 1 saturated heterocycles. The molecule has 0 saturated carbocycles. The van der Waals surface area contributed by atoms with Crippen molar-refractivity contribution >= 4 is 17.9 Å². The van der Waals surface area contributed by atoms with Gasteiger partial charge in [-0.2, -0.15) is 0 Å². The molecule has 1 aromatic carbocycles. The zero-order valence-corrected chi connectivity index (χ0v) is 10.2. The van der Waals surface area contributed by atoms with Gasteiger partial charge in [-0.05, 0) is 12.0 Å². The largest absolute Gasteiger partial charge is 0.445 e. The van der Waals surface area contributed by atoms with E-state index in [9.17, 15) is 14.4 Å². The van der Waals surface area contributed by atoms with E-state index >= 15 is 0 Å². The highest BCUT2D eigenvalue weighted by atomic mass is 16.5. The molecular formula is C13H14N2O4. The van der Waals surface area contributed by atoms with E-state index in [1.54, 1.807) is 0 Å². The summed E-state index contributed by atoms with van der Waals surface area (Å²) in [5.41, 5.74) is 0.862. The van der Waals surface area contributed by atoms with Crippen LogP contribution in [0.15, 0.2) is 30.3 Å². The molecule has 1 heterocycles. The third kappa shape index (κ3) is 3.80. The van der Waals surface area contributed by atoms with Gasteiger partial charge in [-0.15, -0.1) is 0 Å². The predicted molar refractivity (Wildman–Crippen MR) is 65.9 cm³/mol. The first-order chi connectivity index (χ1) is 9.15. The average Bonchev–Trinajstić information content (AvgIpc) is 2.41. The summed E-state index contributed by atoms with van der Waals surface area (Å²) in [6, 6.07) is 8.51. The third-order valence-corrected chi connectivity index (χ3v) is 2.74. The van der Waals surface area contributed by atoms with E-state index in [2.05, 4.69) is 10.6 Å². The highest BCUT2D eigenvalue weighted by Gasteiger charge is 2.28. The molecule has 6 nitrogen and oxygen atoms in total. The molecule has 3 amide bonds. The van der Waals surface area contributed by atoms with Gasteiger partial charge in [0.15, 0.2) is 0 Å². The quantitative estimate of drug-likeness (QED) is 0.786. The molecule has 6 heteroatoms. The molecule has 0 radical (unpaired) electrons. The van der Waals surface area contributed by atoms with Gasteiger partial charge in [0.25, 0.3) is 0 Å². The fourth-order valence-corrected chi connectivity index (χ4v) is 1.74. The molecule has 0 spiro atoms. The van der Waals surface area contributed by atoms with Gasteiger partial charge in [0.1, 0.15) is 12.6 Å². The third-order valence-electron chi connectivity index (χ3n) is 2.74. The van der Waals surface area contributed by atoms with Crippen molar-refractivity contribution in [2.24, 2.45) is 0 Å². The second kappa shape index (κ2) is 5.99. The first-order valence-corrected chi connectivity index (χ1v) is 5.96. The molecule has 0 unspecified atom stereocenters. The number of alkyl carbamates (subject to hydrolysis) is 1. The number of imide groups is 1. The van der Waals surface area contributed by atoms with Gasteiger partial charge in [-0.25, -0.2) is 4.79 Å². The number of carbonyl (C=O) groups excluding carboxylic acids is 3. The van der Waals surface area contributed by atoms with Crippen molar-refractivity contribution in [3.8, 4) is 0 Å². The summed E-state index contributed by atoms with van der Waals surface area (Å²) in [5, 5.41) is 4.59. The Kier molecular flexibility index (Phi) is 4.12. The lowest BCUT2D eigenvalue weighted by Gasteiger charge is -2.21. The van der Waals surface area contributed by atoms with Crippen LogP contribution >= 0.6 is 0 Å². The Hall–Kier alpha value is -2.37. The second-order valence-corrected chi connectivity index (χ2v) is 4.21. The van der Waals surface area contributed by atoms with Crippen LogP contribution in [-0.4, -0.2) is 23.9 Å². The topological polar surface area (TPSA) is 84.5 Å². The number of ether oxygens (including phenoxy) is 1. The van der Waals surface area contributed by atoms with E-state index in [1.165, 1.54) is 0 Å². The Labute approximate surface area is 110 Å². The molecular weight excluding hydrogens is 248 g/mol. The number of benzene rings is 1. The highest BCUT2D eigenvalue weighted by Crippen LogP contribution is 2.05. The smallest absolute Gasteiger partial charge is 0.408 e. The van der Waals surface area contributed by atoms with E-state index in [4.69, 9.17) is 4.74 Å². The molecule has 0 aromatic heterocycles. The number of piperidine rings is 1. The summed E-state index contributed by atoms with van der Waals surface area (Å²) in [5.74, 6) is -0.811. The molecule has 2 N–H and O–H groups in total. The molecule has 1 aliphatic heterocycles. The molecule has 1 atom stereocenters. The number of rotatable bonds is 3. The van der Waals surface area contributed by atoms with Gasteiger partial charge < -0.3 is 10.1 Å². The van der Waals surface area contributed by atoms with Crippen LogP contribution in [0.4, 0.5) is 4.79 Å². The van der Waals surface area contributed by atoms with Crippen molar-refractivity contribution in [2.45, 2.75) is 25.5 Å². The van der Waals surface area contributed by atoms with Gasteiger partial charge in [0.05, 0.1) is 0 Å². The SMILES string of the molecule is O=C1CC[C@H](NC(=O)OCc2ccccc2)C(=O)N1. The van der Waals surface area contributed by atoms with Crippen LogP contribution in [0.1, 0.15) is 18.4 Å². The summed E-state index contributed by atoms with van der Waals surface area (Å²) >= 11 is 0. The number of hydrogen-bond acceptors (Lipinski definition) is 4. The number of amides is 3. The van der Waals surface area contributed by atoms with Crippen molar-refractivity contribution in [1.29, 1.82) is 0 Å². The Balaban J connectivity index is 1.78. The zero-order valence-electron chi connectivity index (χ0n) is 10.2. The van der Waals surface area contributed by atoms with Crippen LogP contribution in [0, 0.1) is 0 Å². The summed E-state index contributed by atoms with van der Waals surface area (Å²) < 4.78 is 4.99. The maximum Gasteiger partial charge on any atom is 0.408 e. The van der Waals surface area contributed by atoms with Gasteiger partial charge in [-0.3, -0.25) is 14.9 Å². The molecule has 100 valence electrons. The molecule has 0 bridgehead atoms. The average molecular weight is 262 g/mol. The van der Waals surface area contributed by atoms with Crippen molar-refractivity contribution in [3.63, 3.8) is 0 Å². The van der Waals surface area contributed by atoms with Crippen LogP contribution in [-0.2, 0) is 20.9 Å². The Morgan fingerprint density at radius 2 is 2.05 bits per heavy atom. The lowest BCUT2D eigenvalue weighted by atomic mass is 10.1. The van der Waals surface area contributed by atoms with Gasteiger partial charge in [-0.1, -0.05) is 30.3 Å². The molecule has 2 rings (SSSR count). The maximum absolute atomic E-state index is 11.5. The standard InChI is InChI=1S/C13H14N2O4/c16-11-7-6-10(12(17)15-11)14-13(18)19-8-9-4-2-1-3-5-9/h1-5,10H,6-8H2,(H,14,18)(H,15,16,17)/t10-/m0/s1. The monoisotopic (exact) mass is 262 g/mol. The first kappa shape index (κ1) is 13.1. The molecule has 1 aliphatic rings. The number of carbonyl (C=O) groups is 3. The van der Waals surface area contributed by atoms with Crippen molar-refractivity contribution in [2.75, 3.05) is 0 Å². The second-order valence-electron chi connectivity index (χ2n) is 4.21. The van der Waals surface area contributed by atoms with Crippen molar-refractivity contribution in [1.82, 2.24) is 10.6 Å². The van der Waals surface area contributed by atoms with Crippen LogP contribution in [0.5, 0.6) is 0 Å². The minimum atomic E-state index is -0.707. The van der Waals surface area contributed by atoms with Crippen LogP contribution in [0.2, 0.25) is 0 Å². The van der Waals surface area contributed by atoms with Gasteiger partial charge in [0, 0.05) is 6.42 Å². The van der Waals surface area contributed by atoms with Crippen LogP contribution in [0.3, 0.4) is 0 Å². The normalized spacial score (nSPS) is 18.6. The van der Waals surface area contributed by atoms with E-state index < -0.39 is 18.0 Å². The maximum atomic E-state index is 11.5. The fraction of sp³-hybridized carbons (Fsp3) is 0.308. The predicted octanol–water partition coefficient (Wildman–Crippen LogP) is 0.718. The Morgan fingerprint density at radius 3 is 2.74 bits per heavy atom.